The van der Waals surface area contributed by atoms with E-state index in [-0.39, 0.29) is 15.5 Å². The van der Waals surface area contributed by atoms with E-state index in [4.69, 9.17) is 16.9 Å². The molecule has 2 aromatic rings. The van der Waals surface area contributed by atoms with Crippen molar-refractivity contribution in [1.82, 2.24) is 0 Å². The average Bonchev–Trinajstić information content (AvgIpc) is 2.48. The van der Waals surface area contributed by atoms with Gasteiger partial charge in [0.15, 0.2) is 0 Å². The number of rotatable bonds is 4. The molecule has 2 aromatic carbocycles. The van der Waals surface area contributed by atoms with Gasteiger partial charge >= 0.3 is 0 Å². The van der Waals surface area contributed by atoms with Crippen LogP contribution in [0, 0.1) is 11.3 Å². The molecule has 0 N–H and O–H groups in total. The van der Waals surface area contributed by atoms with Crippen molar-refractivity contribution in [2.45, 2.75) is 11.8 Å². The van der Waals surface area contributed by atoms with Gasteiger partial charge in [0.05, 0.1) is 21.2 Å². The van der Waals surface area contributed by atoms with Crippen LogP contribution < -0.4 is 4.31 Å². The molecular weight excluding hydrogens is 308 g/mol. The van der Waals surface area contributed by atoms with Crippen LogP contribution in [-0.4, -0.2) is 15.0 Å². The van der Waals surface area contributed by atoms with Crippen LogP contribution in [0.25, 0.3) is 0 Å². The van der Waals surface area contributed by atoms with E-state index in [1.807, 2.05) is 12.1 Å². The summed E-state index contributed by atoms with van der Waals surface area (Å²) in [4.78, 5) is 0.0669. The molecule has 0 aliphatic rings. The highest BCUT2D eigenvalue weighted by atomic mass is 35.5. The topological polar surface area (TPSA) is 61.2 Å². The SMILES string of the molecule is CCN(c1ccccc1)S(=O)(=O)c1ccc(C#N)c(Cl)c1. The van der Waals surface area contributed by atoms with E-state index in [9.17, 15) is 8.42 Å². The van der Waals surface area contributed by atoms with Crippen LogP contribution in [0.15, 0.2) is 53.4 Å². The van der Waals surface area contributed by atoms with Gasteiger partial charge in [-0.25, -0.2) is 8.42 Å². The molecule has 0 saturated carbocycles. The van der Waals surface area contributed by atoms with E-state index < -0.39 is 10.0 Å². The predicted octanol–water partition coefficient (Wildman–Crippen LogP) is 3.43. The second-order valence-corrected chi connectivity index (χ2v) is 6.53. The normalized spacial score (nSPS) is 10.9. The first-order valence-corrected chi connectivity index (χ1v) is 8.10. The maximum Gasteiger partial charge on any atom is 0.264 e. The molecule has 0 aliphatic heterocycles. The molecule has 0 aliphatic carbocycles. The minimum atomic E-state index is -3.71. The fourth-order valence-electron chi connectivity index (χ4n) is 1.96. The van der Waals surface area contributed by atoms with E-state index in [0.717, 1.165) is 0 Å². The summed E-state index contributed by atoms with van der Waals surface area (Å²) in [7, 11) is -3.71. The number of sulfonamides is 1. The van der Waals surface area contributed by atoms with Crippen molar-refractivity contribution in [3.63, 3.8) is 0 Å². The van der Waals surface area contributed by atoms with Crippen molar-refractivity contribution < 1.29 is 8.42 Å². The van der Waals surface area contributed by atoms with Crippen molar-refractivity contribution in [2.24, 2.45) is 0 Å². The molecule has 0 saturated heterocycles. The van der Waals surface area contributed by atoms with Crippen molar-refractivity contribution in [1.29, 1.82) is 5.26 Å². The Labute approximate surface area is 129 Å². The highest BCUT2D eigenvalue weighted by Gasteiger charge is 2.24. The van der Waals surface area contributed by atoms with Gasteiger partial charge in [-0.05, 0) is 37.3 Å². The Morgan fingerprint density at radius 3 is 2.38 bits per heavy atom. The van der Waals surface area contributed by atoms with Gasteiger partial charge < -0.3 is 0 Å². The summed E-state index contributed by atoms with van der Waals surface area (Å²) in [6.07, 6.45) is 0. The quantitative estimate of drug-likeness (QED) is 0.867. The smallest absolute Gasteiger partial charge is 0.264 e. The van der Waals surface area contributed by atoms with Crippen LogP contribution in [0.2, 0.25) is 5.02 Å². The first-order valence-electron chi connectivity index (χ1n) is 6.28. The minimum absolute atomic E-state index is 0.0669. The molecule has 0 amide bonds. The summed E-state index contributed by atoms with van der Waals surface area (Å²) < 4.78 is 26.7. The lowest BCUT2D eigenvalue weighted by Crippen LogP contribution is -2.30. The van der Waals surface area contributed by atoms with E-state index in [2.05, 4.69) is 0 Å². The third-order valence-corrected chi connectivity index (χ3v) is 5.19. The molecule has 0 atom stereocenters. The second kappa shape index (κ2) is 6.17. The summed E-state index contributed by atoms with van der Waals surface area (Å²) in [6, 6.07) is 14.9. The Hall–Kier alpha value is -2.03. The Bertz CT molecular complexity index is 783. The van der Waals surface area contributed by atoms with Gasteiger partial charge in [0, 0.05) is 6.54 Å². The molecule has 0 bridgehead atoms. The molecule has 0 fully saturated rings. The monoisotopic (exact) mass is 320 g/mol. The van der Waals surface area contributed by atoms with Gasteiger partial charge in [0.25, 0.3) is 10.0 Å². The van der Waals surface area contributed by atoms with Crippen molar-refractivity contribution in [3.8, 4) is 6.07 Å². The molecule has 4 nitrogen and oxygen atoms in total. The Kier molecular flexibility index (Phi) is 4.51. The number of para-hydroxylation sites is 1. The summed E-state index contributed by atoms with van der Waals surface area (Å²) >= 11 is 5.92. The van der Waals surface area contributed by atoms with Gasteiger partial charge in [-0.1, -0.05) is 29.8 Å². The third kappa shape index (κ3) is 3.02. The molecular formula is C15H13ClN2O2S. The van der Waals surface area contributed by atoms with Gasteiger partial charge in [-0.2, -0.15) is 5.26 Å². The van der Waals surface area contributed by atoms with Crippen LogP contribution >= 0.6 is 11.6 Å². The fraction of sp³-hybridized carbons (Fsp3) is 0.133. The van der Waals surface area contributed by atoms with Gasteiger partial charge in [-0.15, -0.1) is 0 Å². The molecule has 0 heterocycles. The molecule has 21 heavy (non-hydrogen) atoms. The summed E-state index contributed by atoms with van der Waals surface area (Å²) in [6.45, 7) is 2.06. The van der Waals surface area contributed by atoms with Crippen molar-refractivity contribution in [3.05, 3.63) is 59.1 Å². The molecule has 0 spiro atoms. The van der Waals surface area contributed by atoms with Crippen LogP contribution in [0.1, 0.15) is 12.5 Å². The fourth-order valence-corrected chi connectivity index (χ4v) is 3.75. The summed E-state index contributed by atoms with van der Waals surface area (Å²) in [5.41, 5.74) is 0.832. The highest BCUT2D eigenvalue weighted by molar-refractivity contribution is 7.92. The Balaban J connectivity index is 2.50. The first-order chi connectivity index (χ1) is 10.0. The second-order valence-electron chi connectivity index (χ2n) is 4.26. The minimum Gasteiger partial charge on any atom is -0.267 e. The van der Waals surface area contributed by atoms with E-state index in [0.29, 0.717) is 12.2 Å². The molecule has 0 aromatic heterocycles. The van der Waals surface area contributed by atoms with Crippen molar-refractivity contribution >= 4 is 27.3 Å². The van der Waals surface area contributed by atoms with Gasteiger partial charge in [0.1, 0.15) is 6.07 Å². The molecule has 2 rings (SSSR count). The standard InChI is InChI=1S/C15H13ClN2O2S/c1-2-18(13-6-4-3-5-7-13)21(19,20)14-9-8-12(11-17)15(16)10-14/h3-10H,2H2,1H3. The number of nitriles is 1. The number of hydrogen-bond donors (Lipinski definition) is 0. The number of halogens is 1. The van der Waals surface area contributed by atoms with E-state index >= 15 is 0 Å². The summed E-state index contributed by atoms with van der Waals surface area (Å²) in [5, 5.41) is 8.98. The van der Waals surface area contributed by atoms with Crippen molar-refractivity contribution in [2.75, 3.05) is 10.8 Å². The third-order valence-electron chi connectivity index (χ3n) is 2.98. The number of nitrogens with zero attached hydrogens (tertiary/aromatic N) is 2. The van der Waals surface area contributed by atoms with Crippen LogP contribution in [0.5, 0.6) is 0 Å². The van der Waals surface area contributed by atoms with E-state index in [1.54, 1.807) is 31.2 Å². The lowest BCUT2D eigenvalue weighted by atomic mass is 10.2. The Morgan fingerprint density at radius 2 is 1.86 bits per heavy atom. The van der Waals surface area contributed by atoms with Crippen LogP contribution in [-0.2, 0) is 10.0 Å². The zero-order valence-corrected chi connectivity index (χ0v) is 12.9. The zero-order chi connectivity index (χ0) is 15.5. The molecule has 0 radical (unpaired) electrons. The maximum atomic E-state index is 12.7. The van der Waals surface area contributed by atoms with Crippen LogP contribution in [0.4, 0.5) is 5.69 Å². The lowest BCUT2D eigenvalue weighted by Gasteiger charge is -2.23. The van der Waals surface area contributed by atoms with Gasteiger partial charge in [0.2, 0.25) is 0 Å². The highest BCUT2D eigenvalue weighted by Crippen LogP contribution is 2.26. The number of hydrogen-bond acceptors (Lipinski definition) is 3. The largest absolute Gasteiger partial charge is 0.267 e. The number of anilines is 1. The van der Waals surface area contributed by atoms with E-state index in [1.165, 1.54) is 22.5 Å². The van der Waals surface area contributed by atoms with Crippen LogP contribution in [0.3, 0.4) is 0 Å². The Morgan fingerprint density at radius 1 is 1.19 bits per heavy atom. The molecule has 6 heteroatoms. The summed E-state index contributed by atoms with van der Waals surface area (Å²) in [5.74, 6) is 0. The van der Waals surface area contributed by atoms with Gasteiger partial charge in [-0.3, -0.25) is 4.31 Å². The first kappa shape index (κ1) is 15.4. The zero-order valence-electron chi connectivity index (χ0n) is 11.3. The number of benzene rings is 2. The lowest BCUT2D eigenvalue weighted by molar-refractivity contribution is 0.592. The molecule has 108 valence electrons. The maximum absolute atomic E-state index is 12.7. The molecule has 0 unspecified atom stereocenters. The predicted molar refractivity (Wildman–Crippen MR) is 82.8 cm³/mol. The average molecular weight is 321 g/mol.